The van der Waals surface area contributed by atoms with E-state index in [1.54, 1.807) is 12.1 Å². The summed E-state index contributed by atoms with van der Waals surface area (Å²) < 4.78 is 22.4. The van der Waals surface area contributed by atoms with Gasteiger partial charge in [0.05, 0.1) is 18.0 Å². The van der Waals surface area contributed by atoms with Gasteiger partial charge in [-0.3, -0.25) is 14.5 Å². The van der Waals surface area contributed by atoms with E-state index in [2.05, 4.69) is 5.32 Å². The molecule has 1 heterocycles. The van der Waals surface area contributed by atoms with E-state index in [-0.39, 0.29) is 23.3 Å². The van der Waals surface area contributed by atoms with Gasteiger partial charge in [0.2, 0.25) is 15.9 Å². The number of sulfonamides is 1. The quantitative estimate of drug-likeness (QED) is 0.776. The van der Waals surface area contributed by atoms with Crippen LogP contribution in [-0.4, -0.2) is 38.2 Å². The zero-order valence-corrected chi connectivity index (χ0v) is 14.5. The van der Waals surface area contributed by atoms with E-state index in [1.807, 2.05) is 13.8 Å². The smallest absolute Gasteiger partial charge is 0.256 e. The Morgan fingerprint density at radius 3 is 2.42 bits per heavy atom. The van der Waals surface area contributed by atoms with E-state index in [0.29, 0.717) is 25.1 Å². The van der Waals surface area contributed by atoms with Gasteiger partial charge in [0.25, 0.3) is 5.91 Å². The highest BCUT2D eigenvalue weighted by atomic mass is 32.2. The maximum absolute atomic E-state index is 12.2. The number of benzene rings is 1. The molecule has 1 aliphatic rings. The molecule has 2 rings (SSSR count). The van der Waals surface area contributed by atoms with Crippen molar-refractivity contribution in [2.75, 3.05) is 13.1 Å². The van der Waals surface area contributed by atoms with Crippen molar-refractivity contribution in [1.82, 2.24) is 10.2 Å². The minimum Gasteiger partial charge on any atom is -0.304 e. The number of carbonyl (C=O) groups is 2. The molecule has 0 fully saturated rings. The standard InChI is InChI=1S/C16H21N3O4S/c1-3-14-11(2)10-19(16(14)21)15(20)9-18-8-12-4-6-13(7-5-12)24(17,22)23/h4-7,18H,3,8-10H2,1-2H3,(H2,17,22,23). The van der Waals surface area contributed by atoms with Crippen molar-refractivity contribution in [3.8, 4) is 0 Å². The van der Waals surface area contributed by atoms with Crippen LogP contribution in [0.3, 0.4) is 0 Å². The third kappa shape index (κ3) is 4.08. The van der Waals surface area contributed by atoms with Crippen molar-refractivity contribution in [3.63, 3.8) is 0 Å². The first kappa shape index (κ1) is 18.3. The molecule has 0 aromatic heterocycles. The van der Waals surface area contributed by atoms with Crippen LogP contribution in [0.5, 0.6) is 0 Å². The fraction of sp³-hybridized carbons (Fsp3) is 0.375. The number of nitrogens with zero attached hydrogens (tertiary/aromatic N) is 1. The van der Waals surface area contributed by atoms with E-state index in [4.69, 9.17) is 5.14 Å². The van der Waals surface area contributed by atoms with E-state index < -0.39 is 10.0 Å². The van der Waals surface area contributed by atoms with Gasteiger partial charge in [-0.25, -0.2) is 13.6 Å². The van der Waals surface area contributed by atoms with Gasteiger partial charge in [-0.1, -0.05) is 19.1 Å². The molecule has 0 atom stereocenters. The second-order valence-electron chi connectivity index (χ2n) is 5.69. The Hall–Kier alpha value is -2.03. The van der Waals surface area contributed by atoms with Crippen molar-refractivity contribution in [2.45, 2.75) is 31.7 Å². The van der Waals surface area contributed by atoms with Crippen molar-refractivity contribution < 1.29 is 18.0 Å². The number of carbonyl (C=O) groups excluding carboxylic acids is 2. The predicted octanol–water partition coefficient (Wildman–Crippen LogP) is 0.519. The lowest BCUT2D eigenvalue weighted by Crippen LogP contribution is -2.40. The summed E-state index contributed by atoms with van der Waals surface area (Å²) in [5, 5.41) is 8.00. The summed E-state index contributed by atoms with van der Waals surface area (Å²) in [5.74, 6) is -0.483. The van der Waals surface area contributed by atoms with Crippen LogP contribution in [0, 0.1) is 0 Å². The Labute approximate surface area is 141 Å². The van der Waals surface area contributed by atoms with E-state index in [1.165, 1.54) is 17.0 Å². The molecule has 24 heavy (non-hydrogen) atoms. The monoisotopic (exact) mass is 351 g/mol. The average Bonchev–Trinajstić information content (AvgIpc) is 2.81. The van der Waals surface area contributed by atoms with Gasteiger partial charge in [-0.05, 0) is 36.6 Å². The minimum absolute atomic E-state index is 0.0347. The number of nitrogens with one attached hydrogen (secondary N) is 1. The van der Waals surface area contributed by atoms with Crippen molar-refractivity contribution in [3.05, 3.63) is 41.0 Å². The maximum atomic E-state index is 12.2. The summed E-state index contributed by atoms with van der Waals surface area (Å²) in [4.78, 5) is 25.6. The molecule has 0 saturated carbocycles. The lowest BCUT2D eigenvalue weighted by atomic mass is 10.1. The molecule has 1 aromatic rings. The third-order valence-electron chi connectivity index (χ3n) is 3.93. The molecule has 2 amide bonds. The first-order valence-corrected chi connectivity index (χ1v) is 9.14. The summed E-state index contributed by atoms with van der Waals surface area (Å²) in [6, 6.07) is 6.08. The molecule has 7 nitrogen and oxygen atoms in total. The summed E-state index contributed by atoms with van der Waals surface area (Å²) in [7, 11) is -3.71. The number of hydrogen-bond acceptors (Lipinski definition) is 5. The number of amides is 2. The largest absolute Gasteiger partial charge is 0.304 e. The first-order valence-electron chi connectivity index (χ1n) is 7.59. The highest BCUT2D eigenvalue weighted by Gasteiger charge is 2.30. The Bertz CT molecular complexity index is 782. The molecule has 1 aromatic carbocycles. The van der Waals surface area contributed by atoms with Crippen molar-refractivity contribution in [1.29, 1.82) is 0 Å². The Morgan fingerprint density at radius 2 is 1.92 bits per heavy atom. The van der Waals surface area contributed by atoms with E-state index in [0.717, 1.165) is 11.1 Å². The molecule has 0 unspecified atom stereocenters. The van der Waals surface area contributed by atoms with Crippen molar-refractivity contribution >= 4 is 21.8 Å². The molecule has 0 bridgehead atoms. The second-order valence-corrected chi connectivity index (χ2v) is 7.25. The molecular weight excluding hydrogens is 330 g/mol. The van der Waals surface area contributed by atoms with Crippen LogP contribution >= 0.6 is 0 Å². The zero-order chi connectivity index (χ0) is 17.9. The lowest BCUT2D eigenvalue weighted by Gasteiger charge is -2.15. The first-order chi connectivity index (χ1) is 11.2. The highest BCUT2D eigenvalue weighted by Crippen LogP contribution is 2.21. The van der Waals surface area contributed by atoms with Crippen LogP contribution in [0.1, 0.15) is 25.8 Å². The van der Waals surface area contributed by atoms with Crippen LogP contribution in [-0.2, 0) is 26.2 Å². The van der Waals surface area contributed by atoms with E-state index >= 15 is 0 Å². The van der Waals surface area contributed by atoms with Gasteiger partial charge in [0, 0.05) is 12.1 Å². The van der Waals surface area contributed by atoms with Gasteiger partial charge >= 0.3 is 0 Å². The summed E-state index contributed by atoms with van der Waals surface area (Å²) in [5.41, 5.74) is 2.46. The third-order valence-corrected chi connectivity index (χ3v) is 4.85. The van der Waals surface area contributed by atoms with Gasteiger partial charge in [0.1, 0.15) is 0 Å². The van der Waals surface area contributed by atoms with E-state index in [9.17, 15) is 18.0 Å². The molecule has 130 valence electrons. The van der Waals surface area contributed by atoms with Crippen LogP contribution in [0.15, 0.2) is 40.3 Å². The van der Waals surface area contributed by atoms with Crippen LogP contribution in [0.2, 0.25) is 0 Å². The Balaban J connectivity index is 1.87. The molecule has 0 saturated heterocycles. The molecule has 8 heteroatoms. The highest BCUT2D eigenvalue weighted by molar-refractivity contribution is 7.89. The SMILES string of the molecule is CCC1=C(C)CN(C(=O)CNCc2ccc(S(N)(=O)=O)cc2)C1=O. The zero-order valence-electron chi connectivity index (χ0n) is 13.7. The fourth-order valence-corrected chi connectivity index (χ4v) is 3.13. The second kappa shape index (κ2) is 7.25. The molecule has 1 aliphatic heterocycles. The molecule has 0 aliphatic carbocycles. The number of rotatable bonds is 6. The maximum Gasteiger partial charge on any atom is 0.256 e. The van der Waals surface area contributed by atoms with Gasteiger partial charge in [-0.2, -0.15) is 0 Å². The van der Waals surface area contributed by atoms with Gasteiger partial charge < -0.3 is 5.32 Å². The van der Waals surface area contributed by atoms with Crippen molar-refractivity contribution in [2.24, 2.45) is 5.14 Å². The number of hydrogen-bond donors (Lipinski definition) is 2. The molecule has 0 spiro atoms. The average molecular weight is 351 g/mol. The number of imide groups is 1. The molecular formula is C16H21N3O4S. The minimum atomic E-state index is -3.71. The van der Waals surface area contributed by atoms with Crippen LogP contribution in [0.25, 0.3) is 0 Å². The normalized spacial score (nSPS) is 15.3. The number of nitrogens with two attached hydrogens (primary N) is 1. The van der Waals surface area contributed by atoms with Crippen LogP contribution in [0.4, 0.5) is 0 Å². The van der Waals surface area contributed by atoms with Gasteiger partial charge in [-0.15, -0.1) is 0 Å². The summed E-state index contributed by atoms with van der Waals surface area (Å²) >= 11 is 0. The lowest BCUT2D eigenvalue weighted by molar-refractivity contribution is -0.140. The molecule has 3 N–H and O–H groups in total. The van der Waals surface area contributed by atoms with Gasteiger partial charge in [0.15, 0.2) is 0 Å². The molecule has 0 radical (unpaired) electrons. The predicted molar refractivity (Wildman–Crippen MR) is 89.2 cm³/mol. The Kier molecular flexibility index (Phi) is 5.53. The van der Waals surface area contributed by atoms with Crippen LogP contribution < -0.4 is 10.5 Å². The Morgan fingerprint density at radius 1 is 1.29 bits per heavy atom. The number of primary sulfonamides is 1. The summed E-state index contributed by atoms with van der Waals surface area (Å²) in [6.07, 6.45) is 0.623. The fourth-order valence-electron chi connectivity index (χ4n) is 2.61. The topological polar surface area (TPSA) is 110 Å². The summed E-state index contributed by atoms with van der Waals surface area (Å²) in [6.45, 7) is 4.53.